The summed E-state index contributed by atoms with van der Waals surface area (Å²) in [5.41, 5.74) is 2.44. The number of nitrogens with zero attached hydrogens (tertiary/aromatic N) is 1. The molecule has 0 saturated carbocycles. The third-order valence-corrected chi connectivity index (χ3v) is 6.24. The number of hydrogen-bond acceptors (Lipinski definition) is 3. The Balaban J connectivity index is 1.42. The highest BCUT2D eigenvalue weighted by atomic mass is 16.5. The van der Waals surface area contributed by atoms with Crippen molar-refractivity contribution in [3.8, 4) is 0 Å². The van der Waals surface area contributed by atoms with Crippen LogP contribution in [0, 0.1) is 11.3 Å². The molecule has 0 bridgehead atoms. The summed E-state index contributed by atoms with van der Waals surface area (Å²) in [7, 11) is 0. The number of amides is 1. The van der Waals surface area contributed by atoms with Crippen LogP contribution in [-0.4, -0.2) is 43.7 Å². The highest BCUT2D eigenvalue weighted by Crippen LogP contribution is 2.38. The topological polar surface area (TPSA) is 41.6 Å². The number of carbonyl (C=O) groups is 1. The van der Waals surface area contributed by atoms with E-state index in [1.807, 2.05) is 0 Å². The molecule has 4 rings (SSSR count). The van der Waals surface area contributed by atoms with Crippen molar-refractivity contribution in [3.63, 3.8) is 0 Å². The molecule has 0 atom stereocenters. The maximum Gasteiger partial charge on any atom is 0.226 e. The SMILES string of the molecule is O=C1NCc2ccccc2CC12CCN(CC1CCOCC1)CC2. The smallest absolute Gasteiger partial charge is 0.226 e. The molecule has 24 heavy (non-hydrogen) atoms. The third-order valence-electron chi connectivity index (χ3n) is 6.24. The average Bonchev–Trinajstić information content (AvgIpc) is 2.76. The summed E-state index contributed by atoms with van der Waals surface area (Å²) in [6.45, 7) is 5.79. The highest BCUT2D eigenvalue weighted by Gasteiger charge is 2.43. The van der Waals surface area contributed by atoms with E-state index in [1.165, 1.54) is 30.5 Å². The molecule has 1 N–H and O–H groups in total. The number of ether oxygens (including phenoxy) is 1. The van der Waals surface area contributed by atoms with E-state index in [9.17, 15) is 4.79 Å². The lowest BCUT2D eigenvalue weighted by Crippen LogP contribution is -2.49. The van der Waals surface area contributed by atoms with Gasteiger partial charge in [0.25, 0.3) is 0 Å². The molecule has 1 aromatic carbocycles. The van der Waals surface area contributed by atoms with Crippen LogP contribution in [0.2, 0.25) is 0 Å². The molecule has 3 aliphatic rings. The molecule has 0 unspecified atom stereocenters. The Kier molecular flexibility index (Phi) is 4.59. The Morgan fingerprint density at radius 1 is 1.12 bits per heavy atom. The van der Waals surface area contributed by atoms with Crippen LogP contribution in [0.4, 0.5) is 0 Å². The van der Waals surface area contributed by atoms with Gasteiger partial charge in [-0.1, -0.05) is 24.3 Å². The summed E-state index contributed by atoms with van der Waals surface area (Å²) in [6.07, 6.45) is 5.25. The van der Waals surface area contributed by atoms with E-state index in [0.29, 0.717) is 6.54 Å². The van der Waals surface area contributed by atoms with Crippen molar-refractivity contribution < 1.29 is 9.53 Å². The molecule has 1 aromatic rings. The Bertz CT molecular complexity index is 587. The van der Waals surface area contributed by atoms with Crippen molar-refractivity contribution in [2.24, 2.45) is 11.3 Å². The number of rotatable bonds is 2. The van der Waals surface area contributed by atoms with Crippen LogP contribution in [0.5, 0.6) is 0 Å². The summed E-state index contributed by atoms with van der Waals surface area (Å²) < 4.78 is 5.47. The fourth-order valence-corrected chi connectivity index (χ4v) is 4.57. The molecule has 1 spiro atoms. The van der Waals surface area contributed by atoms with E-state index in [2.05, 4.69) is 34.5 Å². The maximum atomic E-state index is 12.8. The quantitative estimate of drug-likeness (QED) is 0.906. The largest absolute Gasteiger partial charge is 0.381 e. The predicted molar refractivity (Wildman–Crippen MR) is 93.6 cm³/mol. The van der Waals surface area contributed by atoms with Crippen molar-refractivity contribution in [1.29, 1.82) is 0 Å². The van der Waals surface area contributed by atoms with Crippen molar-refractivity contribution >= 4 is 5.91 Å². The molecule has 3 aliphatic heterocycles. The standard InChI is InChI=1S/C20H28N2O2/c23-19-20(13-17-3-1-2-4-18(17)14-21-19)7-9-22(10-8-20)15-16-5-11-24-12-6-16/h1-4,16H,5-15H2,(H,21,23). The first-order valence-electron chi connectivity index (χ1n) is 9.40. The normalized spacial score (nSPS) is 25.1. The molecule has 2 fully saturated rings. The molecule has 1 amide bonds. The minimum Gasteiger partial charge on any atom is -0.381 e. The average molecular weight is 328 g/mol. The minimum absolute atomic E-state index is 0.196. The zero-order valence-electron chi connectivity index (χ0n) is 14.4. The zero-order valence-corrected chi connectivity index (χ0v) is 14.4. The number of nitrogens with one attached hydrogen (secondary N) is 1. The third kappa shape index (κ3) is 3.22. The number of fused-ring (bicyclic) bond motifs is 1. The minimum atomic E-state index is -0.196. The van der Waals surface area contributed by atoms with Gasteiger partial charge in [0.15, 0.2) is 0 Å². The van der Waals surface area contributed by atoms with Crippen molar-refractivity contribution in [3.05, 3.63) is 35.4 Å². The van der Waals surface area contributed by atoms with E-state index in [1.54, 1.807) is 0 Å². The van der Waals surface area contributed by atoms with Crippen LogP contribution < -0.4 is 5.32 Å². The van der Waals surface area contributed by atoms with Crippen LogP contribution in [-0.2, 0) is 22.5 Å². The van der Waals surface area contributed by atoms with Crippen LogP contribution in [0.3, 0.4) is 0 Å². The number of likely N-dealkylation sites (tertiary alicyclic amines) is 1. The van der Waals surface area contributed by atoms with Crippen molar-refractivity contribution in [2.75, 3.05) is 32.8 Å². The van der Waals surface area contributed by atoms with Gasteiger partial charge in [0.2, 0.25) is 5.91 Å². The number of carbonyl (C=O) groups excluding carboxylic acids is 1. The first kappa shape index (κ1) is 16.1. The van der Waals surface area contributed by atoms with Gasteiger partial charge in [-0.15, -0.1) is 0 Å². The van der Waals surface area contributed by atoms with Crippen LogP contribution in [0.25, 0.3) is 0 Å². The van der Waals surface area contributed by atoms with Gasteiger partial charge in [-0.25, -0.2) is 0 Å². The summed E-state index contributed by atoms with van der Waals surface area (Å²) in [4.78, 5) is 15.4. The van der Waals surface area contributed by atoms with Gasteiger partial charge in [-0.2, -0.15) is 0 Å². The van der Waals surface area contributed by atoms with Gasteiger partial charge in [-0.05, 0) is 62.2 Å². The predicted octanol–water partition coefficient (Wildman–Crippen LogP) is 2.37. The Morgan fingerprint density at radius 3 is 2.58 bits per heavy atom. The lowest BCUT2D eigenvalue weighted by Gasteiger charge is -2.41. The molecule has 4 heteroatoms. The van der Waals surface area contributed by atoms with E-state index in [4.69, 9.17) is 4.74 Å². The van der Waals surface area contributed by atoms with Crippen LogP contribution >= 0.6 is 0 Å². The molecular weight excluding hydrogens is 300 g/mol. The maximum absolute atomic E-state index is 12.8. The Morgan fingerprint density at radius 2 is 1.83 bits per heavy atom. The monoisotopic (exact) mass is 328 g/mol. The first-order chi connectivity index (χ1) is 11.8. The van der Waals surface area contributed by atoms with Crippen molar-refractivity contribution in [2.45, 2.75) is 38.6 Å². The molecule has 130 valence electrons. The number of benzene rings is 1. The number of hydrogen-bond donors (Lipinski definition) is 1. The van der Waals surface area contributed by atoms with Crippen molar-refractivity contribution in [1.82, 2.24) is 10.2 Å². The molecule has 0 radical (unpaired) electrons. The fourth-order valence-electron chi connectivity index (χ4n) is 4.57. The summed E-state index contributed by atoms with van der Waals surface area (Å²) in [5.74, 6) is 1.04. The van der Waals surface area contributed by atoms with E-state index < -0.39 is 0 Å². The van der Waals surface area contributed by atoms with Gasteiger partial charge in [-0.3, -0.25) is 4.79 Å². The van der Waals surface area contributed by atoms with E-state index >= 15 is 0 Å². The molecule has 0 aliphatic carbocycles. The van der Waals surface area contributed by atoms with Crippen LogP contribution in [0.15, 0.2) is 24.3 Å². The second-order valence-corrected chi connectivity index (χ2v) is 7.76. The van der Waals surface area contributed by atoms with E-state index in [-0.39, 0.29) is 11.3 Å². The second kappa shape index (κ2) is 6.85. The second-order valence-electron chi connectivity index (χ2n) is 7.76. The summed E-state index contributed by atoms with van der Waals surface area (Å²) in [6, 6.07) is 8.52. The Labute approximate surface area is 144 Å². The zero-order chi connectivity index (χ0) is 16.4. The Hall–Kier alpha value is -1.39. The lowest BCUT2D eigenvalue weighted by atomic mass is 9.73. The summed E-state index contributed by atoms with van der Waals surface area (Å²) in [5, 5.41) is 3.18. The van der Waals surface area contributed by atoms with Gasteiger partial charge >= 0.3 is 0 Å². The van der Waals surface area contributed by atoms with Gasteiger partial charge in [0.1, 0.15) is 0 Å². The molecule has 0 aromatic heterocycles. The number of piperidine rings is 1. The molecule has 4 nitrogen and oxygen atoms in total. The van der Waals surface area contributed by atoms with E-state index in [0.717, 1.165) is 51.5 Å². The van der Waals surface area contributed by atoms with Crippen LogP contribution in [0.1, 0.15) is 36.8 Å². The highest BCUT2D eigenvalue weighted by molar-refractivity contribution is 5.83. The summed E-state index contributed by atoms with van der Waals surface area (Å²) >= 11 is 0. The molecular formula is C20H28N2O2. The molecule has 3 heterocycles. The lowest BCUT2D eigenvalue weighted by molar-refractivity contribution is -0.133. The van der Waals surface area contributed by atoms with Gasteiger partial charge in [0, 0.05) is 26.3 Å². The fraction of sp³-hybridized carbons (Fsp3) is 0.650. The first-order valence-corrected chi connectivity index (χ1v) is 9.40. The van der Waals surface area contributed by atoms with Gasteiger partial charge in [0.05, 0.1) is 5.41 Å². The molecule has 2 saturated heterocycles. The van der Waals surface area contributed by atoms with Gasteiger partial charge < -0.3 is 15.0 Å².